The molecule has 0 amide bonds. The number of nitrogens with zero attached hydrogens (tertiary/aromatic N) is 1. The highest BCUT2D eigenvalue weighted by atomic mass is 35.5. The SMILES string of the molecule is O=C(COC(=O)c1ccc2c3c1[C@@H]1C=CC[C@@H]1CN3C[C@@H]1CC=C[C@H]21)c1ccc(Cl)cc1. The first-order chi connectivity index (χ1) is 15.6. The quantitative estimate of drug-likeness (QED) is 0.352. The number of ketones is 1. The second-order valence-corrected chi connectivity index (χ2v) is 9.71. The smallest absolute Gasteiger partial charge is 0.338 e. The van der Waals surface area contributed by atoms with Gasteiger partial charge in [0.2, 0.25) is 0 Å². The van der Waals surface area contributed by atoms with Crippen LogP contribution in [0.1, 0.15) is 56.5 Å². The van der Waals surface area contributed by atoms with Crippen LogP contribution in [0.2, 0.25) is 5.02 Å². The lowest BCUT2D eigenvalue weighted by Gasteiger charge is -2.46. The molecule has 4 atom stereocenters. The van der Waals surface area contributed by atoms with Gasteiger partial charge in [-0.1, -0.05) is 42.0 Å². The molecule has 4 nitrogen and oxygen atoms in total. The molecule has 2 heterocycles. The number of hydrogen-bond donors (Lipinski definition) is 0. The molecule has 0 fully saturated rings. The van der Waals surface area contributed by atoms with Crippen molar-refractivity contribution < 1.29 is 14.3 Å². The maximum atomic E-state index is 13.2. The van der Waals surface area contributed by atoms with Crippen molar-refractivity contribution in [2.45, 2.75) is 24.7 Å². The summed E-state index contributed by atoms with van der Waals surface area (Å²) in [5, 5.41) is 0.565. The topological polar surface area (TPSA) is 46.6 Å². The highest BCUT2D eigenvalue weighted by molar-refractivity contribution is 6.30. The van der Waals surface area contributed by atoms with E-state index in [0.717, 1.165) is 31.5 Å². The molecule has 0 radical (unpaired) electrons. The Labute approximate surface area is 192 Å². The molecule has 0 saturated heterocycles. The number of anilines is 1. The Morgan fingerprint density at radius 3 is 2.38 bits per heavy atom. The van der Waals surface area contributed by atoms with Gasteiger partial charge in [-0.15, -0.1) is 0 Å². The summed E-state index contributed by atoms with van der Waals surface area (Å²) in [5.74, 6) is 1.12. The fraction of sp³-hybridized carbons (Fsp3) is 0.333. The Morgan fingerprint density at radius 1 is 0.938 bits per heavy atom. The normalized spacial score (nSPS) is 26.5. The molecule has 32 heavy (non-hydrogen) atoms. The molecule has 162 valence electrons. The van der Waals surface area contributed by atoms with Gasteiger partial charge in [0.05, 0.1) is 5.56 Å². The van der Waals surface area contributed by atoms with Crippen molar-refractivity contribution in [2.24, 2.45) is 11.8 Å². The molecule has 6 rings (SSSR count). The highest BCUT2D eigenvalue weighted by Gasteiger charge is 2.44. The van der Waals surface area contributed by atoms with Crippen molar-refractivity contribution in [1.29, 1.82) is 0 Å². The number of carbonyl (C=O) groups is 2. The first-order valence-corrected chi connectivity index (χ1v) is 11.7. The number of hydrogen-bond acceptors (Lipinski definition) is 4. The van der Waals surface area contributed by atoms with Crippen molar-refractivity contribution in [2.75, 3.05) is 24.6 Å². The van der Waals surface area contributed by atoms with Crippen molar-refractivity contribution in [3.05, 3.63) is 88.0 Å². The fourth-order valence-corrected chi connectivity index (χ4v) is 6.11. The van der Waals surface area contributed by atoms with Gasteiger partial charge >= 0.3 is 5.97 Å². The molecule has 0 bridgehead atoms. The lowest BCUT2D eigenvalue weighted by molar-refractivity contribution is 0.0473. The lowest BCUT2D eigenvalue weighted by Crippen LogP contribution is -2.44. The Balaban J connectivity index is 1.33. The third kappa shape index (κ3) is 3.12. The molecule has 5 heteroatoms. The highest BCUT2D eigenvalue weighted by Crippen LogP contribution is 2.53. The van der Waals surface area contributed by atoms with Crippen LogP contribution in [0, 0.1) is 11.8 Å². The number of benzene rings is 2. The molecular formula is C27H24ClNO3. The predicted octanol–water partition coefficient (Wildman–Crippen LogP) is 5.53. The van der Waals surface area contributed by atoms with E-state index in [1.54, 1.807) is 24.3 Å². The van der Waals surface area contributed by atoms with Gasteiger partial charge in [0.1, 0.15) is 0 Å². The minimum Gasteiger partial charge on any atom is -0.454 e. The molecule has 0 saturated carbocycles. The largest absolute Gasteiger partial charge is 0.454 e. The van der Waals surface area contributed by atoms with E-state index in [-0.39, 0.29) is 18.3 Å². The van der Waals surface area contributed by atoms with Crippen LogP contribution in [-0.4, -0.2) is 31.4 Å². The second-order valence-electron chi connectivity index (χ2n) is 9.28. The zero-order chi connectivity index (χ0) is 21.8. The van der Waals surface area contributed by atoms with Crippen LogP contribution in [0.5, 0.6) is 0 Å². The number of ether oxygens (including phenoxy) is 1. The Hall–Kier alpha value is -2.85. The molecule has 2 aromatic carbocycles. The third-order valence-corrected chi connectivity index (χ3v) is 7.72. The number of rotatable bonds is 4. The van der Waals surface area contributed by atoms with E-state index in [0.29, 0.717) is 33.9 Å². The average Bonchev–Trinajstić information content (AvgIpc) is 3.47. The number of allylic oxidation sites excluding steroid dienone is 4. The second kappa shape index (κ2) is 7.63. The minimum absolute atomic E-state index is 0.234. The van der Waals surface area contributed by atoms with Crippen LogP contribution < -0.4 is 4.90 Å². The molecular weight excluding hydrogens is 422 g/mol. The first-order valence-electron chi connectivity index (χ1n) is 11.3. The molecule has 2 aliphatic carbocycles. The zero-order valence-electron chi connectivity index (χ0n) is 17.7. The summed E-state index contributed by atoms with van der Waals surface area (Å²) >= 11 is 5.90. The van der Waals surface area contributed by atoms with Gasteiger partial charge in [-0.2, -0.15) is 0 Å². The van der Waals surface area contributed by atoms with E-state index < -0.39 is 5.97 Å². The average molecular weight is 446 g/mol. The molecule has 0 spiro atoms. The van der Waals surface area contributed by atoms with Gasteiger partial charge in [-0.05, 0) is 66.1 Å². The van der Waals surface area contributed by atoms with Crippen LogP contribution in [0.15, 0.2) is 60.7 Å². The summed E-state index contributed by atoms with van der Waals surface area (Å²) in [5.41, 5.74) is 4.73. The van der Waals surface area contributed by atoms with Gasteiger partial charge in [0.25, 0.3) is 0 Å². The van der Waals surface area contributed by atoms with E-state index in [2.05, 4.69) is 35.3 Å². The number of fused-ring (bicyclic) bond motifs is 4. The van der Waals surface area contributed by atoms with Gasteiger partial charge < -0.3 is 9.64 Å². The molecule has 4 aliphatic rings. The number of carbonyl (C=O) groups excluding carboxylic acids is 2. The number of Topliss-reactive ketones (excluding diaryl/α,β-unsaturated/α-hetero) is 1. The Kier molecular flexibility index (Phi) is 4.72. The third-order valence-electron chi connectivity index (χ3n) is 7.47. The summed E-state index contributed by atoms with van der Waals surface area (Å²) in [6.45, 7) is 1.79. The van der Waals surface area contributed by atoms with Gasteiger partial charge in [-0.3, -0.25) is 4.79 Å². The molecule has 2 aliphatic heterocycles. The van der Waals surface area contributed by atoms with Crippen LogP contribution in [-0.2, 0) is 4.74 Å². The van der Waals surface area contributed by atoms with Crippen LogP contribution >= 0.6 is 11.6 Å². The molecule has 2 aromatic rings. The molecule has 0 N–H and O–H groups in total. The number of esters is 1. The first kappa shape index (κ1) is 19.8. The standard InChI is InChI=1S/C27H24ClNO3/c28-19-9-7-16(8-10-19)24(30)15-32-27(31)23-12-11-22-20-5-1-3-17(20)13-29-14-18-4-2-6-21(18)25(23)26(22)29/h1-2,5-12,17-18,20-21H,3-4,13-15H2/t17-,18+,20-,21+/m0/s1. The van der Waals surface area contributed by atoms with Gasteiger partial charge in [0, 0.05) is 41.2 Å². The molecule has 0 aromatic heterocycles. The maximum absolute atomic E-state index is 13.2. The predicted molar refractivity (Wildman–Crippen MR) is 125 cm³/mol. The Morgan fingerprint density at radius 2 is 1.62 bits per heavy atom. The van der Waals surface area contributed by atoms with Crippen molar-refractivity contribution in [3.63, 3.8) is 0 Å². The summed E-state index contributed by atoms with van der Waals surface area (Å²) in [6, 6.07) is 10.7. The molecule has 0 unspecified atom stereocenters. The minimum atomic E-state index is -0.421. The van der Waals surface area contributed by atoms with Crippen molar-refractivity contribution in [3.8, 4) is 0 Å². The lowest BCUT2D eigenvalue weighted by atomic mass is 9.73. The van der Waals surface area contributed by atoms with Crippen molar-refractivity contribution >= 4 is 29.0 Å². The van der Waals surface area contributed by atoms with Gasteiger partial charge in [-0.25, -0.2) is 4.79 Å². The van der Waals surface area contributed by atoms with Crippen LogP contribution in [0.3, 0.4) is 0 Å². The maximum Gasteiger partial charge on any atom is 0.338 e. The summed E-state index contributed by atoms with van der Waals surface area (Å²) in [7, 11) is 0. The number of halogens is 1. The Bertz CT molecular complexity index is 1160. The van der Waals surface area contributed by atoms with Crippen molar-refractivity contribution in [1.82, 2.24) is 0 Å². The van der Waals surface area contributed by atoms with E-state index in [1.807, 2.05) is 6.07 Å². The van der Waals surface area contributed by atoms with Gasteiger partial charge in [0.15, 0.2) is 12.4 Å². The summed E-state index contributed by atoms with van der Waals surface area (Å²) < 4.78 is 5.52. The summed E-state index contributed by atoms with van der Waals surface area (Å²) in [4.78, 5) is 28.2. The summed E-state index contributed by atoms with van der Waals surface area (Å²) in [6.07, 6.45) is 11.3. The zero-order valence-corrected chi connectivity index (χ0v) is 18.4. The monoisotopic (exact) mass is 445 g/mol. The van der Waals surface area contributed by atoms with E-state index in [1.165, 1.54) is 11.3 Å². The fourth-order valence-electron chi connectivity index (χ4n) is 5.99. The van der Waals surface area contributed by atoms with Crippen LogP contribution in [0.25, 0.3) is 0 Å². The van der Waals surface area contributed by atoms with E-state index >= 15 is 0 Å². The van der Waals surface area contributed by atoms with E-state index in [9.17, 15) is 9.59 Å². The van der Waals surface area contributed by atoms with Crippen LogP contribution in [0.4, 0.5) is 5.69 Å². The van der Waals surface area contributed by atoms with E-state index in [4.69, 9.17) is 16.3 Å².